The molecule has 0 aliphatic carbocycles. The Balaban J connectivity index is 1.83. The maximum absolute atomic E-state index is 13.0. The van der Waals surface area contributed by atoms with Crippen LogP contribution >= 0.6 is 0 Å². The van der Waals surface area contributed by atoms with Gasteiger partial charge in [0.25, 0.3) is 0 Å². The van der Waals surface area contributed by atoms with E-state index in [-0.39, 0.29) is 33.8 Å². The van der Waals surface area contributed by atoms with Gasteiger partial charge in [-0.1, -0.05) is 66.7 Å². The van der Waals surface area contributed by atoms with E-state index < -0.39 is 5.97 Å². The molecular weight excluding hydrogens is 416 g/mol. The molecule has 0 aliphatic heterocycles. The fourth-order valence-electron chi connectivity index (χ4n) is 4.10. The Morgan fingerprint density at radius 3 is 1.88 bits per heavy atom. The zero-order valence-corrected chi connectivity index (χ0v) is 17.4. The third-order valence-electron chi connectivity index (χ3n) is 5.62. The number of aromatic hydroxyl groups is 2. The molecular formula is C28H18O5. The molecule has 5 aromatic rings. The summed E-state index contributed by atoms with van der Waals surface area (Å²) in [6, 6.07) is 26.2. The van der Waals surface area contributed by atoms with Gasteiger partial charge in [0.1, 0.15) is 22.8 Å². The van der Waals surface area contributed by atoms with E-state index >= 15 is 0 Å². The molecule has 0 amide bonds. The van der Waals surface area contributed by atoms with Crippen molar-refractivity contribution >= 4 is 33.8 Å². The third kappa shape index (κ3) is 3.46. The lowest BCUT2D eigenvalue weighted by Crippen LogP contribution is -2.09. The standard InChI is InChI=1S/C28H18O5/c29-16-19-14-17-8-4-6-12-21(17)24(26(19)30)25-22-13-7-5-9-18(22)15-23(27(25)31)28(32)33-20-10-2-1-3-11-20/h1-16,30-31H. The van der Waals surface area contributed by atoms with Gasteiger partial charge in [0.2, 0.25) is 0 Å². The van der Waals surface area contributed by atoms with Gasteiger partial charge >= 0.3 is 5.97 Å². The van der Waals surface area contributed by atoms with Crippen molar-refractivity contribution in [1.29, 1.82) is 0 Å². The largest absolute Gasteiger partial charge is 0.507 e. The van der Waals surface area contributed by atoms with Gasteiger partial charge in [-0.05, 0) is 45.8 Å². The van der Waals surface area contributed by atoms with Crippen molar-refractivity contribution in [2.75, 3.05) is 0 Å². The van der Waals surface area contributed by atoms with Gasteiger partial charge in [-0.2, -0.15) is 0 Å². The Labute approximate surface area is 189 Å². The van der Waals surface area contributed by atoms with Gasteiger partial charge in [0.05, 0.1) is 5.56 Å². The fourth-order valence-corrected chi connectivity index (χ4v) is 4.10. The average molecular weight is 434 g/mol. The first-order valence-corrected chi connectivity index (χ1v) is 10.3. The summed E-state index contributed by atoms with van der Waals surface area (Å²) in [5.74, 6) is -0.996. The highest BCUT2D eigenvalue weighted by atomic mass is 16.5. The van der Waals surface area contributed by atoms with Crippen LogP contribution in [0.1, 0.15) is 20.7 Å². The van der Waals surface area contributed by atoms with Gasteiger partial charge < -0.3 is 14.9 Å². The smallest absolute Gasteiger partial charge is 0.347 e. The van der Waals surface area contributed by atoms with Crippen molar-refractivity contribution in [3.63, 3.8) is 0 Å². The number of hydrogen-bond acceptors (Lipinski definition) is 5. The number of ether oxygens (including phenoxy) is 1. The minimum Gasteiger partial charge on any atom is -0.507 e. The molecule has 0 radical (unpaired) electrons. The summed E-state index contributed by atoms with van der Waals surface area (Å²) >= 11 is 0. The highest BCUT2D eigenvalue weighted by Crippen LogP contribution is 2.47. The number of para-hydroxylation sites is 1. The maximum atomic E-state index is 13.0. The molecule has 5 nitrogen and oxygen atoms in total. The van der Waals surface area contributed by atoms with Crippen LogP contribution in [0.2, 0.25) is 0 Å². The second-order valence-electron chi connectivity index (χ2n) is 7.60. The number of phenols is 2. The van der Waals surface area contributed by atoms with Crippen molar-refractivity contribution in [3.05, 3.63) is 102 Å². The molecule has 0 heterocycles. The average Bonchev–Trinajstić information content (AvgIpc) is 2.84. The van der Waals surface area contributed by atoms with E-state index in [0.717, 1.165) is 0 Å². The van der Waals surface area contributed by atoms with E-state index in [4.69, 9.17) is 4.74 Å². The molecule has 0 unspecified atom stereocenters. The molecule has 160 valence electrons. The molecule has 0 bridgehead atoms. The molecule has 0 aliphatic rings. The molecule has 0 fully saturated rings. The second-order valence-corrected chi connectivity index (χ2v) is 7.60. The van der Waals surface area contributed by atoms with Gasteiger partial charge in [0, 0.05) is 11.1 Å². The van der Waals surface area contributed by atoms with Crippen LogP contribution in [0.3, 0.4) is 0 Å². The van der Waals surface area contributed by atoms with Crippen LogP contribution in [0.5, 0.6) is 17.2 Å². The number of carbonyl (C=O) groups is 2. The number of benzene rings is 5. The van der Waals surface area contributed by atoms with E-state index in [9.17, 15) is 19.8 Å². The first-order valence-electron chi connectivity index (χ1n) is 10.3. The van der Waals surface area contributed by atoms with Crippen LogP contribution in [0.15, 0.2) is 91.0 Å². The van der Waals surface area contributed by atoms with Crippen molar-refractivity contribution < 1.29 is 24.5 Å². The molecule has 5 heteroatoms. The maximum Gasteiger partial charge on any atom is 0.347 e. The molecule has 5 rings (SSSR count). The van der Waals surface area contributed by atoms with Gasteiger partial charge in [-0.3, -0.25) is 4.79 Å². The van der Waals surface area contributed by atoms with Crippen molar-refractivity contribution in [1.82, 2.24) is 0 Å². The Kier molecular flexibility index (Phi) is 4.99. The van der Waals surface area contributed by atoms with Crippen LogP contribution in [-0.2, 0) is 0 Å². The zero-order valence-electron chi connectivity index (χ0n) is 17.4. The van der Waals surface area contributed by atoms with E-state index in [1.54, 1.807) is 72.8 Å². The summed E-state index contributed by atoms with van der Waals surface area (Å²) in [5, 5.41) is 25.0. The van der Waals surface area contributed by atoms with Crippen LogP contribution in [0.4, 0.5) is 0 Å². The summed E-state index contributed by atoms with van der Waals surface area (Å²) in [7, 11) is 0. The fraction of sp³-hybridized carbons (Fsp3) is 0. The normalized spacial score (nSPS) is 10.9. The molecule has 0 saturated carbocycles. The molecule has 0 saturated heterocycles. The topological polar surface area (TPSA) is 83.8 Å². The lowest BCUT2D eigenvalue weighted by atomic mass is 9.89. The van der Waals surface area contributed by atoms with E-state index in [1.807, 2.05) is 18.2 Å². The van der Waals surface area contributed by atoms with Gasteiger partial charge in [0.15, 0.2) is 6.29 Å². The number of esters is 1. The third-order valence-corrected chi connectivity index (χ3v) is 5.62. The summed E-state index contributed by atoms with van der Waals surface area (Å²) < 4.78 is 5.47. The van der Waals surface area contributed by atoms with Crippen LogP contribution in [0.25, 0.3) is 32.7 Å². The van der Waals surface area contributed by atoms with Gasteiger partial charge in [-0.15, -0.1) is 0 Å². The molecule has 5 aromatic carbocycles. The minimum atomic E-state index is -0.735. The molecule has 2 N–H and O–H groups in total. The Morgan fingerprint density at radius 2 is 1.24 bits per heavy atom. The number of rotatable bonds is 4. The Hall–Kier alpha value is -4.64. The first-order chi connectivity index (χ1) is 16.1. The molecule has 0 spiro atoms. The second kappa shape index (κ2) is 8.13. The zero-order chi connectivity index (χ0) is 22.9. The molecule has 33 heavy (non-hydrogen) atoms. The predicted molar refractivity (Wildman–Crippen MR) is 127 cm³/mol. The number of carbonyl (C=O) groups excluding carboxylic acids is 2. The Bertz CT molecular complexity index is 1540. The van der Waals surface area contributed by atoms with Crippen molar-refractivity contribution in [2.45, 2.75) is 0 Å². The summed E-state index contributed by atoms with van der Waals surface area (Å²) in [6.07, 6.45) is 0.567. The SMILES string of the molecule is O=Cc1cc2ccccc2c(-c2c(O)c(C(=O)Oc3ccccc3)cc3ccccc23)c1O. The lowest BCUT2D eigenvalue weighted by molar-refractivity contribution is 0.0731. The number of aldehydes is 1. The molecule has 0 atom stereocenters. The summed E-state index contributed by atoms with van der Waals surface area (Å²) in [4.78, 5) is 24.7. The van der Waals surface area contributed by atoms with E-state index in [0.29, 0.717) is 33.6 Å². The highest BCUT2D eigenvalue weighted by Gasteiger charge is 2.25. The minimum absolute atomic E-state index is 0.0486. The summed E-state index contributed by atoms with van der Waals surface area (Å²) in [6.45, 7) is 0. The lowest BCUT2D eigenvalue weighted by Gasteiger charge is -2.17. The van der Waals surface area contributed by atoms with Crippen molar-refractivity contribution in [3.8, 4) is 28.4 Å². The van der Waals surface area contributed by atoms with Crippen LogP contribution in [-0.4, -0.2) is 22.5 Å². The number of phenolic OH excluding ortho intramolecular Hbond substituents is 2. The van der Waals surface area contributed by atoms with E-state index in [1.165, 1.54) is 0 Å². The summed E-state index contributed by atoms with van der Waals surface area (Å²) in [5.41, 5.74) is 0.570. The number of fused-ring (bicyclic) bond motifs is 2. The number of hydrogen-bond donors (Lipinski definition) is 2. The quantitative estimate of drug-likeness (QED) is 0.203. The van der Waals surface area contributed by atoms with Crippen LogP contribution in [0, 0.1) is 0 Å². The monoisotopic (exact) mass is 434 g/mol. The van der Waals surface area contributed by atoms with Crippen LogP contribution < -0.4 is 4.74 Å². The molecule has 0 aromatic heterocycles. The first kappa shape index (κ1) is 20.3. The highest BCUT2D eigenvalue weighted by molar-refractivity contribution is 6.14. The van der Waals surface area contributed by atoms with Crippen molar-refractivity contribution in [2.24, 2.45) is 0 Å². The predicted octanol–water partition coefficient (Wildman–Crippen LogP) is 6.10. The Morgan fingerprint density at radius 1 is 0.697 bits per heavy atom. The van der Waals surface area contributed by atoms with E-state index in [2.05, 4.69) is 0 Å². The van der Waals surface area contributed by atoms with Gasteiger partial charge in [-0.25, -0.2) is 4.79 Å².